The molecule has 0 unspecified atom stereocenters. The number of para-hydroxylation sites is 1. The molecule has 2 rings (SSSR count). The minimum atomic E-state index is -4.54. The van der Waals surface area contributed by atoms with E-state index >= 15 is 0 Å². The fourth-order valence-electron chi connectivity index (χ4n) is 2.27. The molecule has 1 aromatic heterocycles. The van der Waals surface area contributed by atoms with Gasteiger partial charge in [0.1, 0.15) is 5.82 Å². The maximum absolute atomic E-state index is 13.1. The lowest BCUT2D eigenvalue weighted by Gasteiger charge is -2.16. The van der Waals surface area contributed by atoms with Gasteiger partial charge in [-0.25, -0.2) is 4.98 Å². The maximum Gasteiger partial charge on any atom is 0.433 e. The van der Waals surface area contributed by atoms with Crippen LogP contribution < -0.4 is 10.6 Å². The molecule has 0 radical (unpaired) electrons. The Morgan fingerprint density at radius 1 is 1.08 bits per heavy atom. The summed E-state index contributed by atoms with van der Waals surface area (Å²) in [6.07, 6.45) is -4.54. The predicted molar refractivity (Wildman–Crippen MR) is 93.3 cm³/mol. The highest BCUT2D eigenvalue weighted by atomic mass is 19.4. The van der Waals surface area contributed by atoms with E-state index in [0.717, 1.165) is 22.9 Å². The number of alkyl halides is 3. The summed E-state index contributed by atoms with van der Waals surface area (Å²) in [5, 5.41) is 5.83. The Balaban J connectivity index is 2.33. The van der Waals surface area contributed by atoms with Crippen LogP contribution in [0.2, 0.25) is 0 Å². The van der Waals surface area contributed by atoms with Crippen molar-refractivity contribution in [2.24, 2.45) is 0 Å². The molecule has 1 heterocycles. The van der Waals surface area contributed by atoms with E-state index in [4.69, 9.17) is 0 Å². The van der Waals surface area contributed by atoms with E-state index in [-0.39, 0.29) is 11.8 Å². The number of nitrogens with zero attached hydrogens (tertiary/aromatic N) is 3. The Morgan fingerprint density at radius 3 is 2.28 bits per heavy atom. The monoisotopic (exact) mass is 353 g/mol. The highest BCUT2D eigenvalue weighted by Gasteiger charge is 2.33. The number of aryl methyl sites for hydroxylation is 2. The summed E-state index contributed by atoms with van der Waals surface area (Å²) in [7, 11) is 3.76. The third-order valence-electron chi connectivity index (χ3n) is 3.59. The van der Waals surface area contributed by atoms with Gasteiger partial charge in [-0.15, -0.1) is 0 Å². The van der Waals surface area contributed by atoms with Crippen molar-refractivity contribution in [1.82, 2.24) is 14.9 Å². The Morgan fingerprint density at radius 2 is 1.72 bits per heavy atom. The van der Waals surface area contributed by atoms with Crippen molar-refractivity contribution in [1.29, 1.82) is 0 Å². The smallest absolute Gasteiger partial charge is 0.353 e. The van der Waals surface area contributed by atoms with Gasteiger partial charge in [-0.2, -0.15) is 18.2 Å². The van der Waals surface area contributed by atoms with Gasteiger partial charge in [-0.1, -0.05) is 18.2 Å². The summed E-state index contributed by atoms with van der Waals surface area (Å²) in [4.78, 5) is 9.66. The van der Waals surface area contributed by atoms with E-state index in [1.807, 2.05) is 51.0 Å². The molecule has 0 aliphatic heterocycles. The molecule has 0 amide bonds. The van der Waals surface area contributed by atoms with Gasteiger partial charge < -0.3 is 15.5 Å². The standard InChI is InChI=1S/C17H22F3N5/c1-11-6-5-7-12(2)15(11)23-14-10-13(17(18,19)20)22-16(24-14)21-8-9-25(3)4/h5-7,10H,8-9H2,1-4H3,(H2,21,22,23,24). The van der Waals surface area contributed by atoms with Crippen LogP contribution in [0.1, 0.15) is 16.8 Å². The first-order chi connectivity index (χ1) is 11.7. The van der Waals surface area contributed by atoms with Crippen LogP contribution in [0, 0.1) is 13.8 Å². The average molecular weight is 353 g/mol. The molecule has 5 nitrogen and oxygen atoms in total. The third-order valence-corrected chi connectivity index (χ3v) is 3.59. The van der Waals surface area contributed by atoms with Crippen LogP contribution in [0.5, 0.6) is 0 Å². The second-order valence-corrected chi connectivity index (χ2v) is 6.08. The number of likely N-dealkylation sites (N-methyl/N-ethyl adjacent to an activating group) is 1. The van der Waals surface area contributed by atoms with E-state index in [9.17, 15) is 13.2 Å². The summed E-state index contributed by atoms with van der Waals surface area (Å²) >= 11 is 0. The lowest BCUT2D eigenvalue weighted by Crippen LogP contribution is -2.22. The van der Waals surface area contributed by atoms with Crippen molar-refractivity contribution in [2.75, 3.05) is 37.8 Å². The first kappa shape index (κ1) is 19.0. The van der Waals surface area contributed by atoms with Gasteiger partial charge in [-0.05, 0) is 39.1 Å². The van der Waals surface area contributed by atoms with Crippen LogP contribution in [-0.4, -0.2) is 42.1 Å². The van der Waals surface area contributed by atoms with E-state index in [1.165, 1.54) is 0 Å². The number of rotatable bonds is 6. The molecule has 0 saturated heterocycles. The van der Waals surface area contributed by atoms with Gasteiger partial charge >= 0.3 is 6.18 Å². The molecule has 2 aromatic rings. The highest BCUT2D eigenvalue weighted by molar-refractivity contribution is 5.65. The first-order valence-electron chi connectivity index (χ1n) is 7.85. The van der Waals surface area contributed by atoms with Crippen molar-refractivity contribution >= 4 is 17.5 Å². The molecule has 2 N–H and O–H groups in total. The second kappa shape index (κ2) is 7.69. The molecular formula is C17H22F3N5. The molecular weight excluding hydrogens is 331 g/mol. The minimum absolute atomic E-state index is 0.0505. The van der Waals surface area contributed by atoms with E-state index < -0.39 is 11.9 Å². The number of nitrogens with one attached hydrogen (secondary N) is 2. The van der Waals surface area contributed by atoms with Gasteiger partial charge in [-0.3, -0.25) is 0 Å². The molecule has 0 bridgehead atoms. The van der Waals surface area contributed by atoms with E-state index in [0.29, 0.717) is 13.1 Å². The van der Waals surface area contributed by atoms with Gasteiger partial charge in [0.05, 0.1) is 0 Å². The van der Waals surface area contributed by atoms with Gasteiger partial charge in [0.2, 0.25) is 5.95 Å². The zero-order chi connectivity index (χ0) is 18.6. The molecule has 0 fully saturated rings. The number of halogens is 3. The number of aromatic nitrogens is 2. The largest absolute Gasteiger partial charge is 0.433 e. The molecule has 0 spiro atoms. The fourth-order valence-corrected chi connectivity index (χ4v) is 2.27. The molecule has 0 aliphatic rings. The van der Waals surface area contributed by atoms with Crippen molar-refractivity contribution in [2.45, 2.75) is 20.0 Å². The Bertz CT molecular complexity index is 708. The van der Waals surface area contributed by atoms with Gasteiger partial charge in [0, 0.05) is 24.8 Å². The zero-order valence-electron chi connectivity index (χ0n) is 14.7. The van der Waals surface area contributed by atoms with Gasteiger partial charge in [0.15, 0.2) is 5.69 Å². The third kappa shape index (κ3) is 5.32. The molecule has 25 heavy (non-hydrogen) atoms. The number of anilines is 3. The quantitative estimate of drug-likeness (QED) is 0.827. The zero-order valence-corrected chi connectivity index (χ0v) is 14.7. The van der Waals surface area contributed by atoms with E-state index in [2.05, 4.69) is 20.6 Å². The lowest BCUT2D eigenvalue weighted by atomic mass is 10.1. The average Bonchev–Trinajstić information content (AvgIpc) is 2.50. The number of hydrogen-bond acceptors (Lipinski definition) is 5. The van der Waals surface area contributed by atoms with Crippen LogP contribution >= 0.6 is 0 Å². The minimum Gasteiger partial charge on any atom is -0.353 e. The van der Waals surface area contributed by atoms with Crippen LogP contribution in [0.3, 0.4) is 0 Å². The van der Waals surface area contributed by atoms with E-state index in [1.54, 1.807) is 0 Å². The topological polar surface area (TPSA) is 53.1 Å². The molecule has 0 atom stereocenters. The normalized spacial score (nSPS) is 11.7. The SMILES string of the molecule is Cc1cccc(C)c1Nc1cc(C(F)(F)F)nc(NCCN(C)C)n1. The summed E-state index contributed by atoms with van der Waals surface area (Å²) < 4.78 is 39.4. The number of hydrogen-bond donors (Lipinski definition) is 2. The van der Waals surface area contributed by atoms with Crippen LogP contribution in [0.4, 0.5) is 30.6 Å². The molecule has 8 heteroatoms. The summed E-state index contributed by atoms with van der Waals surface area (Å²) in [5.41, 5.74) is 1.61. The fraction of sp³-hybridized carbons (Fsp3) is 0.412. The van der Waals surface area contributed by atoms with Gasteiger partial charge in [0.25, 0.3) is 0 Å². The highest BCUT2D eigenvalue weighted by Crippen LogP contribution is 2.31. The Labute approximate surface area is 145 Å². The van der Waals surface area contributed by atoms with Crippen LogP contribution in [-0.2, 0) is 6.18 Å². The molecule has 0 aliphatic carbocycles. The van der Waals surface area contributed by atoms with Crippen molar-refractivity contribution in [3.8, 4) is 0 Å². The summed E-state index contributed by atoms with van der Waals surface area (Å²) in [5.74, 6) is 0.0532. The Kier molecular flexibility index (Phi) is 5.84. The maximum atomic E-state index is 13.1. The van der Waals surface area contributed by atoms with Crippen molar-refractivity contribution in [3.63, 3.8) is 0 Å². The van der Waals surface area contributed by atoms with Crippen LogP contribution in [0.15, 0.2) is 24.3 Å². The first-order valence-corrected chi connectivity index (χ1v) is 7.85. The van der Waals surface area contributed by atoms with Crippen LogP contribution in [0.25, 0.3) is 0 Å². The second-order valence-electron chi connectivity index (χ2n) is 6.08. The lowest BCUT2D eigenvalue weighted by molar-refractivity contribution is -0.141. The summed E-state index contributed by atoms with van der Waals surface area (Å²) in [6.45, 7) is 4.87. The molecule has 1 aromatic carbocycles. The van der Waals surface area contributed by atoms with Crippen molar-refractivity contribution in [3.05, 3.63) is 41.1 Å². The van der Waals surface area contributed by atoms with Crippen molar-refractivity contribution < 1.29 is 13.2 Å². The summed E-state index contributed by atoms with van der Waals surface area (Å²) in [6, 6.07) is 6.59. The predicted octanol–water partition coefficient (Wildman–Crippen LogP) is 3.83. The molecule has 136 valence electrons. The Hall–Kier alpha value is -2.35. The number of benzene rings is 1. The molecule has 0 saturated carbocycles.